The molecule has 38 heavy (non-hydrogen) atoms. The van der Waals surface area contributed by atoms with E-state index in [1.54, 1.807) is 25.5 Å². The highest BCUT2D eigenvalue weighted by Crippen LogP contribution is 2.45. The van der Waals surface area contributed by atoms with E-state index in [0.29, 0.717) is 50.7 Å². The van der Waals surface area contributed by atoms with E-state index < -0.39 is 0 Å². The number of nitrogens with zero attached hydrogens (tertiary/aromatic N) is 3. The van der Waals surface area contributed by atoms with Crippen LogP contribution in [0.15, 0.2) is 35.7 Å². The highest BCUT2D eigenvalue weighted by molar-refractivity contribution is 7.13. The molecule has 8 nitrogen and oxygen atoms in total. The summed E-state index contributed by atoms with van der Waals surface area (Å²) in [5.41, 5.74) is 5.08. The fourth-order valence-corrected chi connectivity index (χ4v) is 6.17. The molecule has 4 heterocycles. The van der Waals surface area contributed by atoms with Gasteiger partial charge in [-0.05, 0) is 68.9 Å². The van der Waals surface area contributed by atoms with Gasteiger partial charge in [0.25, 0.3) is 5.91 Å². The second-order valence-corrected chi connectivity index (χ2v) is 11.0. The van der Waals surface area contributed by atoms with Gasteiger partial charge in [0.2, 0.25) is 5.91 Å². The molecule has 2 amide bonds. The molecule has 0 radical (unpaired) electrons. The van der Waals surface area contributed by atoms with Crippen LogP contribution in [0.5, 0.6) is 11.5 Å². The van der Waals surface area contributed by atoms with Crippen molar-refractivity contribution in [3.8, 4) is 33.2 Å². The number of benzene rings is 1. The first-order valence-corrected chi connectivity index (χ1v) is 14.2. The molecule has 0 atom stereocenters. The van der Waals surface area contributed by atoms with Gasteiger partial charge in [-0.15, -0.1) is 11.3 Å². The van der Waals surface area contributed by atoms with Crippen LogP contribution in [0.25, 0.3) is 21.7 Å². The Balaban J connectivity index is 1.54. The first kappa shape index (κ1) is 26.3. The quantitative estimate of drug-likeness (QED) is 0.492. The molecule has 1 saturated heterocycles. The van der Waals surface area contributed by atoms with E-state index in [0.717, 1.165) is 40.3 Å². The zero-order valence-corrected chi connectivity index (χ0v) is 23.4. The van der Waals surface area contributed by atoms with Crippen molar-refractivity contribution in [1.29, 1.82) is 0 Å². The number of hydrogen-bond donors (Lipinski definition) is 1. The van der Waals surface area contributed by atoms with Gasteiger partial charge in [0.05, 0.1) is 25.5 Å². The van der Waals surface area contributed by atoms with Crippen molar-refractivity contribution in [1.82, 2.24) is 19.7 Å². The minimum absolute atomic E-state index is 0.00817. The summed E-state index contributed by atoms with van der Waals surface area (Å²) in [4.78, 5) is 31.3. The molecule has 2 aliphatic heterocycles. The van der Waals surface area contributed by atoms with Gasteiger partial charge in [-0.2, -0.15) is 0 Å². The topological polar surface area (TPSA) is 76.0 Å². The number of likely N-dealkylation sites (N-methyl/N-ethyl adjacent to an activating group) is 1. The predicted molar refractivity (Wildman–Crippen MR) is 150 cm³/mol. The summed E-state index contributed by atoms with van der Waals surface area (Å²) in [6, 6.07) is 10.4. The minimum atomic E-state index is 0.00817. The summed E-state index contributed by atoms with van der Waals surface area (Å²) in [5.74, 6) is 1.54. The number of nitrogens with one attached hydrogen (secondary N) is 1. The number of hydrogen-bond acceptors (Lipinski definition) is 6. The summed E-state index contributed by atoms with van der Waals surface area (Å²) in [6.45, 7) is 7.43. The smallest absolute Gasteiger partial charge is 0.270 e. The molecule has 1 aromatic carbocycles. The lowest BCUT2D eigenvalue weighted by molar-refractivity contribution is -0.130. The van der Waals surface area contributed by atoms with Crippen molar-refractivity contribution in [2.75, 3.05) is 46.9 Å². The van der Waals surface area contributed by atoms with Crippen LogP contribution in [-0.4, -0.2) is 79.2 Å². The number of aryl methyl sites for hydroxylation is 1. The Morgan fingerprint density at radius 3 is 2.53 bits per heavy atom. The van der Waals surface area contributed by atoms with Gasteiger partial charge in [-0.1, -0.05) is 6.07 Å². The zero-order valence-electron chi connectivity index (χ0n) is 22.6. The van der Waals surface area contributed by atoms with Crippen LogP contribution < -0.4 is 14.8 Å². The van der Waals surface area contributed by atoms with Crippen molar-refractivity contribution in [2.45, 2.75) is 39.3 Å². The Hall–Kier alpha value is -3.30. The van der Waals surface area contributed by atoms with Gasteiger partial charge >= 0.3 is 0 Å². The number of aromatic nitrogens is 1. The lowest BCUT2D eigenvalue weighted by Crippen LogP contribution is -2.40. The van der Waals surface area contributed by atoms with E-state index in [9.17, 15) is 9.59 Å². The van der Waals surface area contributed by atoms with Crippen molar-refractivity contribution in [3.05, 3.63) is 47.0 Å². The molecule has 3 aromatic rings. The van der Waals surface area contributed by atoms with Gasteiger partial charge in [0.15, 0.2) is 11.5 Å². The Morgan fingerprint density at radius 2 is 1.82 bits per heavy atom. The van der Waals surface area contributed by atoms with E-state index in [-0.39, 0.29) is 17.9 Å². The predicted octanol–water partition coefficient (Wildman–Crippen LogP) is 4.13. The summed E-state index contributed by atoms with van der Waals surface area (Å²) >= 11 is 1.67. The number of methoxy groups -OCH3 is 1. The fourth-order valence-electron chi connectivity index (χ4n) is 5.43. The summed E-state index contributed by atoms with van der Waals surface area (Å²) < 4.78 is 14.0. The first-order chi connectivity index (χ1) is 18.4. The van der Waals surface area contributed by atoms with E-state index in [4.69, 9.17) is 9.47 Å². The Bertz CT molecular complexity index is 1310. The average molecular weight is 537 g/mol. The average Bonchev–Trinajstić information content (AvgIpc) is 3.49. The van der Waals surface area contributed by atoms with E-state index >= 15 is 0 Å². The van der Waals surface area contributed by atoms with Crippen LogP contribution in [0.3, 0.4) is 0 Å². The standard InChI is InChI=1S/C29H36N4O4S/c1-19(2)37-25-17-21-20(15-24(25)36-4)8-11-33-23(16-22(28(21)33)26-7-5-14-38-26)29(35)32-10-6-9-31(12-13-32)27(34)18-30-3/h5,7,14-17,19,30H,6,8-13,18H2,1-4H3. The maximum Gasteiger partial charge on any atom is 0.270 e. The van der Waals surface area contributed by atoms with Gasteiger partial charge in [0, 0.05) is 48.7 Å². The third-order valence-electron chi connectivity index (χ3n) is 7.18. The monoisotopic (exact) mass is 536 g/mol. The maximum absolute atomic E-state index is 14.0. The van der Waals surface area contributed by atoms with Gasteiger partial charge in [-0.25, -0.2) is 0 Å². The molecule has 0 saturated carbocycles. The number of fused-ring (bicyclic) bond motifs is 3. The zero-order chi connectivity index (χ0) is 26.8. The minimum Gasteiger partial charge on any atom is -0.493 e. The highest BCUT2D eigenvalue weighted by Gasteiger charge is 2.31. The fraction of sp³-hybridized carbons (Fsp3) is 0.448. The lowest BCUT2D eigenvalue weighted by atomic mass is 9.95. The van der Waals surface area contributed by atoms with Crippen LogP contribution in [0.1, 0.15) is 36.3 Å². The molecule has 0 spiro atoms. The maximum atomic E-state index is 14.0. The Morgan fingerprint density at radius 1 is 1.03 bits per heavy atom. The van der Waals surface area contributed by atoms with Crippen LogP contribution in [0, 0.1) is 0 Å². The van der Waals surface area contributed by atoms with E-state index in [1.807, 2.05) is 29.7 Å². The van der Waals surface area contributed by atoms with Crippen molar-refractivity contribution >= 4 is 23.2 Å². The van der Waals surface area contributed by atoms with Crippen molar-refractivity contribution in [3.63, 3.8) is 0 Å². The highest BCUT2D eigenvalue weighted by atomic mass is 32.1. The molecule has 0 unspecified atom stereocenters. The van der Waals surface area contributed by atoms with Crippen LogP contribution in [0.2, 0.25) is 0 Å². The SMILES string of the molecule is CNCC(=O)N1CCCN(C(=O)c2cc(-c3cccs3)c3n2CCc2cc(OC)c(OC(C)C)cc2-3)CC1. The second kappa shape index (κ2) is 11.2. The number of carbonyl (C=O) groups is 2. The summed E-state index contributed by atoms with van der Waals surface area (Å²) in [7, 11) is 3.45. The molecule has 0 aliphatic carbocycles. The van der Waals surface area contributed by atoms with E-state index in [2.05, 4.69) is 39.5 Å². The molecule has 1 fully saturated rings. The third kappa shape index (κ3) is 5.05. The first-order valence-electron chi connectivity index (χ1n) is 13.3. The summed E-state index contributed by atoms with van der Waals surface area (Å²) in [5, 5.41) is 5.00. The van der Waals surface area contributed by atoms with Gasteiger partial charge < -0.3 is 29.2 Å². The number of carbonyl (C=O) groups excluding carboxylic acids is 2. The Labute approximate surface area is 228 Å². The lowest BCUT2D eigenvalue weighted by Gasteiger charge is -2.26. The molecule has 5 rings (SSSR count). The summed E-state index contributed by atoms with van der Waals surface area (Å²) in [6.07, 6.45) is 1.57. The van der Waals surface area contributed by atoms with Crippen LogP contribution in [0.4, 0.5) is 0 Å². The molecule has 2 aromatic heterocycles. The molecule has 0 bridgehead atoms. The van der Waals surface area contributed by atoms with Gasteiger partial charge in [-0.3, -0.25) is 9.59 Å². The third-order valence-corrected chi connectivity index (χ3v) is 8.08. The normalized spacial score (nSPS) is 15.2. The molecule has 1 N–H and O–H groups in total. The van der Waals surface area contributed by atoms with Crippen molar-refractivity contribution in [2.24, 2.45) is 0 Å². The van der Waals surface area contributed by atoms with Crippen LogP contribution >= 0.6 is 11.3 Å². The van der Waals surface area contributed by atoms with E-state index in [1.165, 1.54) is 5.56 Å². The molecule has 9 heteroatoms. The number of ether oxygens (including phenoxy) is 2. The molecular formula is C29H36N4O4S. The van der Waals surface area contributed by atoms with Crippen LogP contribution in [-0.2, 0) is 17.8 Å². The number of amides is 2. The van der Waals surface area contributed by atoms with Gasteiger partial charge in [0.1, 0.15) is 5.69 Å². The largest absolute Gasteiger partial charge is 0.493 e. The van der Waals surface area contributed by atoms with Crippen molar-refractivity contribution < 1.29 is 19.1 Å². The second-order valence-electron chi connectivity index (χ2n) is 10.1. The number of rotatable bonds is 7. The Kier molecular flexibility index (Phi) is 7.76. The number of thiophene rings is 1. The molecule has 2 aliphatic rings. The molecule has 202 valence electrons. The molecular weight excluding hydrogens is 500 g/mol.